The average Bonchev–Trinajstić information content (AvgIpc) is 0.827. The first-order chi connectivity index (χ1) is 45.9. The van der Waals surface area contributed by atoms with Gasteiger partial charge in [-0.25, -0.2) is 4.98 Å². The molecule has 0 unspecified atom stereocenters. The van der Waals surface area contributed by atoms with Gasteiger partial charge in [0.1, 0.15) is 5.82 Å². The summed E-state index contributed by atoms with van der Waals surface area (Å²) in [5.41, 5.74) is 0.569. The summed E-state index contributed by atoms with van der Waals surface area (Å²) < 4.78 is 222. The number of pyridine rings is 1. The van der Waals surface area contributed by atoms with Gasteiger partial charge in [-0.15, -0.1) is 29.7 Å². The van der Waals surface area contributed by atoms with Crippen molar-refractivity contribution in [3.8, 4) is 39.8 Å². The summed E-state index contributed by atoms with van der Waals surface area (Å²) in [5.74, 6) is 0.403. The van der Waals surface area contributed by atoms with Gasteiger partial charge < -0.3 is 13.9 Å². The molecule has 7 heteroatoms. The summed E-state index contributed by atoms with van der Waals surface area (Å²) in [5, 5.41) is -0.618. The molecule has 3 aromatic heterocycles. The van der Waals surface area contributed by atoms with E-state index in [4.69, 9.17) is 19.8 Å². The first kappa shape index (κ1) is 30.0. The maximum Gasteiger partial charge on any atom is 0.268 e. The van der Waals surface area contributed by atoms with E-state index in [1.165, 1.54) is 12.3 Å². The molecule has 0 N–H and O–H groups in total. The third-order valence-corrected chi connectivity index (χ3v) is 17.4. The van der Waals surface area contributed by atoms with Crippen molar-refractivity contribution >= 4 is 61.7 Å². The summed E-state index contributed by atoms with van der Waals surface area (Å²) in [6.45, 7) is 8.47. The quantitative estimate of drug-likeness (QED) is 0.0592. The minimum atomic E-state index is -5.82. The fourth-order valence-electron chi connectivity index (χ4n) is 9.73. The van der Waals surface area contributed by atoms with Gasteiger partial charge in [0, 0.05) is 54.0 Å². The van der Waals surface area contributed by atoms with E-state index in [0.29, 0.717) is 44.3 Å². The summed E-state index contributed by atoms with van der Waals surface area (Å²) >= 11 is 0. The van der Waals surface area contributed by atoms with Crippen LogP contribution in [0, 0.1) is 25.3 Å². The first-order valence-corrected chi connectivity index (χ1v) is 26.0. The molecule has 0 fully saturated rings. The van der Waals surface area contributed by atoms with Crippen LogP contribution in [0.2, 0.25) is 0 Å². The van der Waals surface area contributed by atoms with Crippen LogP contribution in [0.4, 0.5) is 0 Å². The molecule has 3 heterocycles. The van der Waals surface area contributed by atoms with E-state index in [-0.39, 0.29) is 65.9 Å². The average molecular weight is 1210 g/mol. The zero-order chi connectivity index (χ0) is 71.4. The number of rotatable bonds is 10. The van der Waals surface area contributed by atoms with E-state index in [2.05, 4.69) is 23.4 Å². The van der Waals surface area contributed by atoms with E-state index >= 15 is 0 Å². The Morgan fingerprint density at radius 2 is 1.21 bits per heavy atom. The molecule has 0 atom stereocenters. The van der Waals surface area contributed by atoms with Gasteiger partial charge in [0.05, 0.1) is 44.1 Å². The van der Waals surface area contributed by atoms with Crippen LogP contribution >= 0.6 is 0 Å². The zero-order valence-electron chi connectivity index (χ0n) is 64.8. The molecule has 0 radical (unpaired) electrons. The smallest absolute Gasteiger partial charge is 0.268 e. The monoisotopic (exact) mass is 1200 g/mol. The minimum Gasteiger partial charge on any atom is -0.510 e. The largest absolute Gasteiger partial charge is 0.510 e. The van der Waals surface area contributed by atoms with Gasteiger partial charge in [-0.1, -0.05) is 223 Å². The predicted octanol–water partition coefficient (Wildman–Crippen LogP) is 13.5. The molecule has 0 aliphatic heterocycles. The van der Waals surface area contributed by atoms with Gasteiger partial charge in [0.25, 0.3) is 6.33 Å². The molecule has 12 rings (SSSR count). The molecule has 0 aliphatic rings. The molecule has 0 saturated heterocycles. The van der Waals surface area contributed by atoms with E-state index in [0.717, 1.165) is 5.39 Å². The van der Waals surface area contributed by atoms with Crippen LogP contribution in [0.15, 0.2) is 224 Å². The molecule has 0 saturated carbocycles. The van der Waals surface area contributed by atoms with Crippen molar-refractivity contribution in [3.05, 3.63) is 259 Å². The summed E-state index contributed by atoms with van der Waals surface area (Å²) in [6, 6.07) is 17.9. The standard InChI is InChI=1S/C69H58N4OSi.Pt/c1-48-41-66(70-46-59(48)49-25-12-8-13-26-49)73-61-36-21-20-35-57(61)58-40-39-53(45-64(58)73)74-52-28-24-27-51(44-52)71-47-72(63-38-23-22-37-62(63)71)67-60(69(5,6)7)42-50(68(2,3)4)43-65(67)75(54-29-14-9-15-30-54,55-31-16-10-17-32-55)56-33-18-11-19-34-56;/h8-43,46H,1-7H3;/q-2;/i1D3,8D,9D,10D,11D,12D,13D,14D,15D,16D,17D,18D,19D,25D,26D,29D,30D,31D,32D,33D,34D;. The summed E-state index contributed by atoms with van der Waals surface area (Å²) in [6.07, 6.45) is 4.70. The van der Waals surface area contributed by atoms with Crippen molar-refractivity contribution in [3.63, 3.8) is 0 Å². The minimum absolute atomic E-state index is 0. The van der Waals surface area contributed by atoms with Gasteiger partial charge in [0.15, 0.2) is 8.07 Å². The molecule has 9 aromatic carbocycles. The SMILES string of the molecule is [2H]c1c([2H])c([2H])c(-c2cnc(-n3c4[c-]c(Oc5[c-]c(-n6[c-][n+](-c7c(C(C)(C)C)cc(C(C)(C)C)cc7[Si](c7c([2H])c([2H])c([2H])c([2H])c7[2H])(c7c([2H])c([2H])c([2H])c([2H])c7[2H])c7c([2H])c([2H])c([2H])c([2H])c7[2H])c7ccccc76)ccc5)ccc4c4ccccc43)cc2C([2H])([2H])[2H])c([2H])c1[2H].[Pt]. The summed E-state index contributed by atoms with van der Waals surface area (Å²) in [4.78, 5) is 4.68. The van der Waals surface area contributed by atoms with E-state index < -0.39 is 162 Å². The fourth-order valence-corrected chi connectivity index (χ4v) is 13.8. The van der Waals surface area contributed by atoms with Crippen LogP contribution in [0.25, 0.3) is 61.2 Å². The van der Waals surface area contributed by atoms with Crippen molar-refractivity contribution in [2.45, 2.75) is 59.2 Å². The van der Waals surface area contributed by atoms with Crippen molar-refractivity contribution < 1.29 is 61.9 Å². The number of aryl methyl sites for hydroxylation is 1. The van der Waals surface area contributed by atoms with Crippen molar-refractivity contribution in [1.29, 1.82) is 0 Å². The van der Waals surface area contributed by atoms with Crippen LogP contribution < -0.4 is 30.1 Å². The van der Waals surface area contributed by atoms with Gasteiger partial charge in [0.2, 0.25) is 0 Å². The first-order valence-electron chi connectivity index (χ1n) is 35.5. The third kappa shape index (κ3) is 8.83. The molecule has 5 nitrogen and oxygen atoms in total. The number of ether oxygens (including phenoxy) is 1. The molecular weight excluding hydrogens is 1120 g/mol. The van der Waals surface area contributed by atoms with Gasteiger partial charge >= 0.3 is 0 Å². The second kappa shape index (κ2) is 20.0. The number of fused-ring (bicyclic) bond motifs is 4. The number of benzene rings is 9. The Bertz CT molecular complexity index is 5140. The molecule has 76 heavy (non-hydrogen) atoms. The van der Waals surface area contributed by atoms with Gasteiger partial charge in [-0.3, -0.25) is 4.57 Å². The zero-order valence-corrected chi connectivity index (χ0v) is 45.1. The Kier molecular flexibility index (Phi) is 7.89. The van der Waals surface area contributed by atoms with E-state index in [9.17, 15) is 16.4 Å². The van der Waals surface area contributed by atoms with Crippen molar-refractivity contribution in [1.82, 2.24) is 14.1 Å². The normalized spacial score (nSPS) is 16.5. The molecule has 0 spiro atoms. The number of imidazole rings is 1. The fraction of sp³-hybridized carbons (Fsp3) is 0.130. The number of hydrogen-bond donors (Lipinski definition) is 0. The topological polar surface area (TPSA) is 35.9 Å². The van der Waals surface area contributed by atoms with Crippen LogP contribution in [-0.4, -0.2) is 22.2 Å². The molecule has 0 aliphatic carbocycles. The molecule has 376 valence electrons. The Morgan fingerprint density at radius 3 is 1.84 bits per heavy atom. The van der Waals surface area contributed by atoms with Crippen LogP contribution in [0.1, 0.15) is 89.8 Å². The molecule has 0 bridgehead atoms. The van der Waals surface area contributed by atoms with Gasteiger partial charge in [-0.2, -0.15) is 18.2 Å². The Labute approximate surface area is 494 Å². The number of nitrogens with zero attached hydrogens (tertiary/aromatic N) is 4. The Balaban J connectivity index is 0.00000990. The molecule has 0 amide bonds. The van der Waals surface area contributed by atoms with Crippen molar-refractivity contribution in [2.24, 2.45) is 0 Å². The maximum atomic E-state index is 9.97. The van der Waals surface area contributed by atoms with Gasteiger partial charge in [-0.05, 0) is 83.9 Å². The van der Waals surface area contributed by atoms with E-state index in [1.54, 1.807) is 86.5 Å². The predicted molar refractivity (Wildman–Crippen MR) is 311 cm³/mol. The number of aromatic nitrogens is 4. The molecule has 12 aromatic rings. The third-order valence-electron chi connectivity index (χ3n) is 13.3. The maximum absolute atomic E-state index is 9.97. The number of para-hydroxylation sites is 3. The Morgan fingerprint density at radius 1 is 0.605 bits per heavy atom. The van der Waals surface area contributed by atoms with Crippen LogP contribution in [-0.2, 0) is 31.9 Å². The van der Waals surface area contributed by atoms with Crippen molar-refractivity contribution in [2.75, 3.05) is 0 Å². The number of hydrogen-bond acceptors (Lipinski definition) is 2. The molecular formula is C69H58N4OPtSi-2. The Hall–Kier alpha value is -7.89. The summed E-state index contributed by atoms with van der Waals surface area (Å²) in [7, 11) is -5.82. The van der Waals surface area contributed by atoms with Crippen LogP contribution in [0.5, 0.6) is 11.5 Å². The van der Waals surface area contributed by atoms with Crippen LogP contribution in [0.3, 0.4) is 0 Å². The second-order valence-corrected chi connectivity index (χ2v) is 23.5. The van der Waals surface area contributed by atoms with E-state index in [1.807, 2.05) is 59.7 Å². The second-order valence-electron chi connectivity index (χ2n) is 20.0.